The summed E-state index contributed by atoms with van der Waals surface area (Å²) in [5.74, 6) is -2.41. The lowest BCUT2D eigenvalue weighted by Crippen LogP contribution is -2.62. The van der Waals surface area contributed by atoms with Gasteiger partial charge in [-0.3, -0.25) is 19.4 Å². The molecule has 0 fully saturated rings. The Labute approximate surface area is 271 Å². The first-order chi connectivity index (χ1) is 21.6. The van der Waals surface area contributed by atoms with Crippen molar-refractivity contribution in [2.45, 2.75) is 76.9 Å². The van der Waals surface area contributed by atoms with Crippen LogP contribution in [-0.2, 0) is 32.0 Å². The van der Waals surface area contributed by atoms with Gasteiger partial charge in [-0.25, -0.2) is 0 Å². The molecule has 250 valence electrons. The maximum atomic E-state index is 13.9. The lowest BCUT2D eigenvalue weighted by atomic mass is 9.75. The number of nitrogens with one attached hydrogen (secondary N) is 3. The van der Waals surface area contributed by atoms with Crippen molar-refractivity contribution >= 4 is 29.3 Å². The number of rotatable bonds is 14. The normalized spacial score (nSPS) is 19.0. The van der Waals surface area contributed by atoms with E-state index in [0.29, 0.717) is 28.5 Å². The summed E-state index contributed by atoms with van der Waals surface area (Å²) in [5.41, 5.74) is 0.200. The third kappa shape index (κ3) is 10.3. The molecule has 0 saturated heterocycles. The zero-order chi connectivity index (χ0) is 34.1. The molecule has 1 aliphatic rings. The van der Waals surface area contributed by atoms with E-state index in [2.05, 4.69) is 20.9 Å². The predicted octanol–water partition coefficient (Wildman–Crippen LogP) is 4.44. The first-order valence-electron chi connectivity index (χ1n) is 14.9. The molecule has 5 atom stereocenters. The number of aliphatic hydroxyl groups excluding tert-OH is 1. The standard InChI is InChI=1S/C33H40ClF3N4O5/c1-20(2)27(29(43)33(35,36)37)40-31(45)28(32(3)15-13-24(46-4)14-16-32)41-30(44)25(19-21-8-7-9-22(34)18-21)39-26(42)12-11-23-10-5-6-17-38-23/h5-10,13-15,17-18,20,25,27-29,43H,11-12,16,19H2,1-4H3,(H,39,42)(H,40,45)(H,41,44)/t25-,27-,28+,29-,32?/m0/s1. The van der Waals surface area contributed by atoms with Crippen molar-refractivity contribution in [3.8, 4) is 0 Å². The number of aryl methyl sites for hydroxylation is 1. The van der Waals surface area contributed by atoms with Crippen LogP contribution in [0.25, 0.3) is 0 Å². The summed E-state index contributed by atoms with van der Waals surface area (Å²) in [6.45, 7) is 4.54. The largest absolute Gasteiger partial charge is 0.497 e. The first-order valence-corrected chi connectivity index (χ1v) is 15.2. The number of pyridine rings is 1. The van der Waals surface area contributed by atoms with E-state index >= 15 is 0 Å². The molecule has 1 aromatic carbocycles. The summed E-state index contributed by atoms with van der Waals surface area (Å²) in [6, 6.07) is 7.77. The predicted molar refractivity (Wildman–Crippen MR) is 167 cm³/mol. The van der Waals surface area contributed by atoms with Crippen LogP contribution in [-0.4, -0.2) is 65.3 Å². The number of methoxy groups -OCH3 is 1. The van der Waals surface area contributed by atoms with E-state index in [1.807, 2.05) is 0 Å². The number of allylic oxidation sites excluding steroid dienone is 2. The summed E-state index contributed by atoms with van der Waals surface area (Å²) >= 11 is 6.16. The Morgan fingerprint density at radius 2 is 1.83 bits per heavy atom. The number of aliphatic hydroxyl groups is 1. The molecule has 3 amide bonds. The van der Waals surface area contributed by atoms with Crippen molar-refractivity contribution in [1.29, 1.82) is 0 Å². The van der Waals surface area contributed by atoms with Gasteiger partial charge in [-0.05, 0) is 60.7 Å². The monoisotopic (exact) mass is 664 g/mol. The molecule has 1 aliphatic carbocycles. The van der Waals surface area contributed by atoms with Crippen LogP contribution in [0.4, 0.5) is 13.2 Å². The van der Waals surface area contributed by atoms with E-state index in [4.69, 9.17) is 16.3 Å². The van der Waals surface area contributed by atoms with Crippen molar-refractivity contribution in [1.82, 2.24) is 20.9 Å². The Kier molecular flexibility index (Phi) is 12.8. The van der Waals surface area contributed by atoms with Crippen molar-refractivity contribution in [3.63, 3.8) is 0 Å². The highest BCUT2D eigenvalue weighted by atomic mass is 35.5. The minimum atomic E-state index is -4.99. The fourth-order valence-electron chi connectivity index (χ4n) is 5.09. The van der Waals surface area contributed by atoms with Crippen LogP contribution in [0.5, 0.6) is 0 Å². The fourth-order valence-corrected chi connectivity index (χ4v) is 5.30. The lowest BCUT2D eigenvalue weighted by molar-refractivity contribution is -0.215. The van der Waals surface area contributed by atoms with Crippen LogP contribution in [0.15, 0.2) is 72.6 Å². The maximum Gasteiger partial charge on any atom is 0.416 e. The third-order valence-electron chi connectivity index (χ3n) is 7.83. The van der Waals surface area contributed by atoms with Crippen LogP contribution in [0.2, 0.25) is 5.02 Å². The van der Waals surface area contributed by atoms with Gasteiger partial charge in [-0.2, -0.15) is 13.2 Å². The molecule has 2 aromatic rings. The van der Waals surface area contributed by atoms with Crippen LogP contribution >= 0.6 is 11.6 Å². The number of benzene rings is 1. The van der Waals surface area contributed by atoms with E-state index < -0.39 is 59.5 Å². The van der Waals surface area contributed by atoms with Gasteiger partial charge < -0.3 is 25.8 Å². The van der Waals surface area contributed by atoms with Crippen molar-refractivity contribution in [2.75, 3.05) is 7.11 Å². The number of alkyl halides is 3. The third-order valence-corrected chi connectivity index (χ3v) is 8.07. The van der Waals surface area contributed by atoms with Gasteiger partial charge in [0, 0.05) is 35.2 Å². The number of hydrogen-bond donors (Lipinski definition) is 4. The zero-order valence-electron chi connectivity index (χ0n) is 26.1. The number of hydrogen-bond acceptors (Lipinski definition) is 6. The van der Waals surface area contributed by atoms with Gasteiger partial charge in [0.15, 0.2) is 6.10 Å². The summed E-state index contributed by atoms with van der Waals surface area (Å²) < 4.78 is 45.8. The smallest absolute Gasteiger partial charge is 0.416 e. The molecule has 1 unspecified atom stereocenters. The molecule has 4 N–H and O–H groups in total. The molecule has 9 nitrogen and oxygen atoms in total. The highest BCUT2D eigenvalue weighted by Crippen LogP contribution is 2.34. The minimum absolute atomic E-state index is 0.0117. The molecular weight excluding hydrogens is 625 g/mol. The highest BCUT2D eigenvalue weighted by molar-refractivity contribution is 6.30. The fraction of sp³-hybridized carbons (Fsp3) is 0.455. The number of amides is 3. The second-order valence-electron chi connectivity index (χ2n) is 11.8. The zero-order valence-corrected chi connectivity index (χ0v) is 26.9. The Morgan fingerprint density at radius 1 is 1.09 bits per heavy atom. The number of carbonyl (C=O) groups excluding carboxylic acids is 3. The average molecular weight is 665 g/mol. The molecule has 0 bridgehead atoms. The number of carbonyl (C=O) groups is 3. The molecule has 0 aliphatic heterocycles. The molecule has 0 spiro atoms. The van der Waals surface area contributed by atoms with E-state index in [9.17, 15) is 32.7 Å². The van der Waals surface area contributed by atoms with Crippen LogP contribution in [0, 0.1) is 11.3 Å². The molecule has 13 heteroatoms. The maximum absolute atomic E-state index is 13.9. The van der Waals surface area contributed by atoms with Gasteiger partial charge in [0.1, 0.15) is 17.8 Å². The summed E-state index contributed by atoms with van der Waals surface area (Å²) in [7, 11) is 1.47. The molecule has 0 radical (unpaired) electrons. The van der Waals surface area contributed by atoms with Crippen molar-refractivity contribution in [3.05, 3.63) is 88.9 Å². The van der Waals surface area contributed by atoms with Crippen LogP contribution < -0.4 is 16.0 Å². The molecule has 46 heavy (non-hydrogen) atoms. The van der Waals surface area contributed by atoms with Gasteiger partial charge in [-0.1, -0.05) is 56.6 Å². The average Bonchev–Trinajstić information content (AvgIpc) is 3.01. The van der Waals surface area contributed by atoms with Gasteiger partial charge >= 0.3 is 6.18 Å². The summed E-state index contributed by atoms with van der Waals surface area (Å²) in [5, 5.41) is 18.2. The molecule has 3 rings (SSSR count). The first kappa shape index (κ1) is 36.6. The Bertz CT molecular complexity index is 1420. The molecule has 1 aromatic heterocycles. The Balaban J connectivity index is 1.91. The number of ether oxygens (including phenoxy) is 1. The molecule has 1 heterocycles. The second kappa shape index (κ2) is 16.1. The Hall–Kier alpha value is -3.90. The molecular formula is C33H40ClF3N4O5. The van der Waals surface area contributed by atoms with E-state index in [1.54, 1.807) is 73.8 Å². The minimum Gasteiger partial charge on any atom is -0.497 e. The van der Waals surface area contributed by atoms with Gasteiger partial charge in [-0.15, -0.1) is 0 Å². The van der Waals surface area contributed by atoms with Gasteiger partial charge in [0.2, 0.25) is 17.7 Å². The van der Waals surface area contributed by atoms with Crippen LogP contribution in [0.1, 0.15) is 44.9 Å². The van der Waals surface area contributed by atoms with Crippen LogP contribution in [0.3, 0.4) is 0 Å². The number of nitrogens with zero attached hydrogens (tertiary/aromatic N) is 1. The number of aromatic nitrogens is 1. The SMILES string of the molecule is COC1=CCC(C)([C@H](NC(=O)[C@H](Cc2cccc(Cl)c2)NC(=O)CCc2ccccn2)C(=O)N[C@@H](C(C)C)[C@H](O)C(F)(F)F)C=C1. The van der Waals surface area contributed by atoms with Crippen molar-refractivity contribution < 1.29 is 37.4 Å². The number of halogens is 4. The molecule has 0 saturated carbocycles. The quantitative estimate of drug-likeness (QED) is 0.236. The van der Waals surface area contributed by atoms with E-state index in [-0.39, 0.29) is 19.3 Å². The van der Waals surface area contributed by atoms with Gasteiger partial charge in [0.25, 0.3) is 0 Å². The lowest BCUT2D eigenvalue weighted by Gasteiger charge is -2.38. The second-order valence-corrected chi connectivity index (χ2v) is 12.3. The summed E-state index contributed by atoms with van der Waals surface area (Å²) in [4.78, 5) is 45.0. The van der Waals surface area contributed by atoms with Gasteiger partial charge in [0.05, 0.1) is 13.2 Å². The highest BCUT2D eigenvalue weighted by Gasteiger charge is 2.47. The summed E-state index contributed by atoms with van der Waals surface area (Å²) in [6.07, 6.45) is -0.747. The Morgan fingerprint density at radius 3 is 2.39 bits per heavy atom. The topological polar surface area (TPSA) is 130 Å². The van der Waals surface area contributed by atoms with E-state index in [1.165, 1.54) is 21.0 Å². The van der Waals surface area contributed by atoms with E-state index in [0.717, 1.165) is 0 Å². The van der Waals surface area contributed by atoms with Crippen molar-refractivity contribution in [2.24, 2.45) is 11.3 Å².